The Morgan fingerprint density at radius 3 is 1.94 bits per heavy atom. The average molecular weight is 477 g/mol. The number of benzene rings is 3. The van der Waals surface area contributed by atoms with Gasteiger partial charge in [-0.15, -0.1) is 0 Å². The SMILES string of the molecule is COc1cccc(CN2CCN(C(=O)c3ccc(-c4ccccc4)cc3)CC2)c1.O=C(O)C(=O)O. The first-order valence-corrected chi connectivity index (χ1v) is 11.1. The summed E-state index contributed by atoms with van der Waals surface area (Å²) < 4.78 is 5.31. The van der Waals surface area contributed by atoms with Crippen LogP contribution in [0, 0.1) is 0 Å². The van der Waals surface area contributed by atoms with Gasteiger partial charge in [0.15, 0.2) is 0 Å². The lowest BCUT2D eigenvalue weighted by molar-refractivity contribution is -0.159. The maximum Gasteiger partial charge on any atom is 0.414 e. The maximum absolute atomic E-state index is 12.9. The molecule has 3 aromatic carbocycles. The zero-order valence-corrected chi connectivity index (χ0v) is 19.5. The second-order valence-corrected chi connectivity index (χ2v) is 7.97. The molecular weight excluding hydrogens is 448 g/mol. The molecule has 0 spiro atoms. The van der Waals surface area contributed by atoms with Gasteiger partial charge in [0.25, 0.3) is 5.91 Å². The Morgan fingerprint density at radius 1 is 0.771 bits per heavy atom. The molecule has 2 N–H and O–H groups in total. The van der Waals surface area contributed by atoms with E-state index in [1.54, 1.807) is 7.11 Å². The molecule has 0 bridgehead atoms. The van der Waals surface area contributed by atoms with Gasteiger partial charge >= 0.3 is 11.9 Å². The zero-order chi connectivity index (χ0) is 25.2. The van der Waals surface area contributed by atoms with Crippen LogP contribution in [0.2, 0.25) is 0 Å². The number of aliphatic carboxylic acids is 2. The third-order valence-corrected chi connectivity index (χ3v) is 5.62. The van der Waals surface area contributed by atoms with Crippen molar-refractivity contribution < 1.29 is 29.3 Å². The topological polar surface area (TPSA) is 107 Å². The van der Waals surface area contributed by atoms with Crippen molar-refractivity contribution >= 4 is 17.8 Å². The van der Waals surface area contributed by atoms with Crippen LogP contribution in [0.4, 0.5) is 0 Å². The summed E-state index contributed by atoms with van der Waals surface area (Å²) in [4.78, 5) is 35.4. The van der Waals surface area contributed by atoms with Crippen LogP contribution in [0.15, 0.2) is 78.9 Å². The molecule has 0 unspecified atom stereocenters. The molecule has 4 rings (SSSR count). The summed E-state index contributed by atoms with van der Waals surface area (Å²) in [6.45, 7) is 4.15. The van der Waals surface area contributed by atoms with Crippen molar-refractivity contribution in [3.05, 3.63) is 90.0 Å². The highest BCUT2D eigenvalue weighted by molar-refractivity contribution is 6.27. The Labute approximate surface area is 204 Å². The van der Waals surface area contributed by atoms with Crippen LogP contribution in [-0.2, 0) is 16.1 Å². The number of amides is 1. The van der Waals surface area contributed by atoms with Gasteiger partial charge in [-0.05, 0) is 41.0 Å². The van der Waals surface area contributed by atoms with Gasteiger partial charge in [-0.1, -0.05) is 54.6 Å². The van der Waals surface area contributed by atoms with Gasteiger partial charge in [0, 0.05) is 38.3 Å². The molecule has 8 heteroatoms. The van der Waals surface area contributed by atoms with Gasteiger partial charge in [-0.2, -0.15) is 0 Å². The van der Waals surface area contributed by atoms with Crippen molar-refractivity contribution in [2.45, 2.75) is 6.54 Å². The first-order chi connectivity index (χ1) is 16.9. The van der Waals surface area contributed by atoms with E-state index >= 15 is 0 Å². The van der Waals surface area contributed by atoms with Crippen LogP contribution in [-0.4, -0.2) is 71.1 Å². The maximum atomic E-state index is 12.9. The molecule has 0 atom stereocenters. The molecule has 35 heavy (non-hydrogen) atoms. The van der Waals surface area contributed by atoms with Crippen molar-refractivity contribution in [3.63, 3.8) is 0 Å². The number of carbonyl (C=O) groups is 3. The minimum Gasteiger partial charge on any atom is -0.497 e. The van der Waals surface area contributed by atoms with Crippen LogP contribution < -0.4 is 4.74 Å². The molecule has 182 valence electrons. The number of rotatable bonds is 5. The minimum absolute atomic E-state index is 0.116. The number of carboxylic acid groups (broad SMARTS) is 2. The lowest BCUT2D eigenvalue weighted by Crippen LogP contribution is -2.48. The van der Waals surface area contributed by atoms with E-state index in [1.165, 1.54) is 5.56 Å². The third kappa shape index (κ3) is 7.41. The van der Waals surface area contributed by atoms with Gasteiger partial charge in [0.1, 0.15) is 5.75 Å². The minimum atomic E-state index is -1.82. The first-order valence-electron chi connectivity index (χ1n) is 11.1. The molecule has 0 aliphatic carbocycles. The molecule has 3 aromatic rings. The lowest BCUT2D eigenvalue weighted by Gasteiger charge is -2.34. The van der Waals surface area contributed by atoms with Crippen molar-refractivity contribution in [1.29, 1.82) is 0 Å². The number of ether oxygens (including phenoxy) is 1. The van der Waals surface area contributed by atoms with E-state index < -0.39 is 11.9 Å². The molecule has 1 saturated heterocycles. The Balaban J connectivity index is 0.000000509. The lowest BCUT2D eigenvalue weighted by atomic mass is 10.0. The van der Waals surface area contributed by atoms with Gasteiger partial charge in [0.05, 0.1) is 7.11 Å². The van der Waals surface area contributed by atoms with E-state index in [2.05, 4.69) is 29.2 Å². The fraction of sp³-hybridized carbons (Fsp3) is 0.222. The Kier molecular flexibility index (Phi) is 8.97. The molecule has 1 amide bonds. The molecule has 0 radical (unpaired) electrons. The zero-order valence-electron chi connectivity index (χ0n) is 19.5. The summed E-state index contributed by atoms with van der Waals surface area (Å²) in [6.07, 6.45) is 0. The number of hydrogen-bond acceptors (Lipinski definition) is 5. The van der Waals surface area contributed by atoms with Crippen LogP contribution in [0.5, 0.6) is 5.75 Å². The smallest absolute Gasteiger partial charge is 0.414 e. The third-order valence-electron chi connectivity index (χ3n) is 5.62. The Hall–Kier alpha value is -4.17. The molecule has 0 aromatic heterocycles. The molecule has 1 aliphatic rings. The van der Waals surface area contributed by atoms with Gasteiger partial charge in [-0.3, -0.25) is 9.69 Å². The molecule has 1 fully saturated rings. The number of carboxylic acids is 2. The largest absolute Gasteiger partial charge is 0.497 e. The summed E-state index contributed by atoms with van der Waals surface area (Å²) in [5.41, 5.74) is 4.29. The van der Waals surface area contributed by atoms with E-state index in [0.29, 0.717) is 0 Å². The summed E-state index contributed by atoms with van der Waals surface area (Å²) in [6, 6.07) is 26.3. The van der Waals surface area contributed by atoms with E-state index in [1.807, 2.05) is 59.5 Å². The van der Waals surface area contributed by atoms with E-state index in [0.717, 1.165) is 55.2 Å². The van der Waals surface area contributed by atoms with Crippen LogP contribution >= 0.6 is 0 Å². The Bertz CT molecular complexity index is 1130. The molecular formula is C27H28N2O6. The number of carbonyl (C=O) groups excluding carboxylic acids is 1. The van der Waals surface area contributed by atoms with Crippen molar-refractivity contribution in [2.24, 2.45) is 0 Å². The van der Waals surface area contributed by atoms with Gasteiger partial charge in [0.2, 0.25) is 0 Å². The fourth-order valence-electron chi connectivity index (χ4n) is 3.76. The van der Waals surface area contributed by atoms with Crippen molar-refractivity contribution in [3.8, 4) is 16.9 Å². The van der Waals surface area contributed by atoms with Crippen LogP contribution in [0.3, 0.4) is 0 Å². The predicted octanol–water partition coefficient (Wildman–Crippen LogP) is 3.48. The second kappa shape index (κ2) is 12.3. The standard InChI is InChI=1S/C25H26N2O2.C2H2O4/c1-29-24-9-5-6-20(18-24)19-26-14-16-27(17-15-26)25(28)23-12-10-22(11-13-23)21-7-3-2-4-8-21;3-1(4)2(5)6/h2-13,18H,14-17,19H2,1H3;(H,3,4)(H,5,6). The van der Waals surface area contributed by atoms with E-state index in [4.69, 9.17) is 24.5 Å². The highest BCUT2D eigenvalue weighted by atomic mass is 16.5. The Morgan fingerprint density at radius 2 is 1.37 bits per heavy atom. The number of piperazine rings is 1. The molecule has 0 saturated carbocycles. The number of hydrogen-bond donors (Lipinski definition) is 2. The van der Waals surface area contributed by atoms with Crippen molar-refractivity contribution in [1.82, 2.24) is 9.80 Å². The summed E-state index contributed by atoms with van der Waals surface area (Å²) in [7, 11) is 1.69. The molecule has 1 heterocycles. The second-order valence-electron chi connectivity index (χ2n) is 7.97. The van der Waals surface area contributed by atoms with Gasteiger partial charge in [-0.25, -0.2) is 9.59 Å². The highest BCUT2D eigenvalue weighted by Crippen LogP contribution is 2.20. The fourth-order valence-corrected chi connectivity index (χ4v) is 3.76. The highest BCUT2D eigenvalue weighted by Gasteiger charge is 2.22. The monoisotopic (exact) mass is 476 g/mol. The van der Waals surface area contributed by atoms with E-state index in [-0.39, 0.29) is 5.91 Å². The number of nitrogens with zero attached hydrogens (tertiary/aromatic N) is 2. The quantitative estimate of drug-likeness (QED) is 0.543. The van der Waals surface area contributed by atoms with Crippen LogP contribution in [0.1, 0.15) is 15.9 Å². The average Bonchev–Trinajstić information content (AvgIpc) is 2.90. The number of methoxy groups -OCH3 is 1. The normalized spacial score (nSPS) is 13.3. The molecule has 8 nitrogen and oxygen atoms in total. The first kappa shape index (κ1) is 25.5. The summed E-state index contributed by atoms with van der Waals surface area (Å²) in [5.74, 6) is -2.65. The summed E-state index contributed by atoms with van der Waals surface area (Å²) in [5, 5.41) is 14.8. The van der Waals surface area contributed by atoms with E-state index in [9.17, 15) is 4.79 Å². The van der Waals surface area contributed by atoms with Crippen molar-refractivity contribution in [2.75, 3.05) is 33.3 Å². The van der Waals surface area contributed by atoms with Gasteiger partial charge < -0.3 is 19.8 Å². The predicted molar refractivity (Wildman–Crippen MR) is 131 cm³/mol. The molecule has 1 aliphatic heterocycles. The van der Waals surface area contributed by atoms with Crippen LogP contribution in [0.25, 0.3) is 11.1 Å². The summed E-state index contributed by atoms with van der Waals surface area (Å²) >= 11 is 0.